The van der Waals surface area contributed by atoms with E-state index in [1.807, 2.05) is 13.8 Å². The zero-order valence-electron chi connectivity index (χ0n) is 11.1. The lowest BCUT2D eigenvalue weighted by Gasteiger charge is -2.03. The van der Waals surface area contributed by atoms with Gasteiger partial charge in [0.2, 0.25) is 0 Å². The van der Waals surface area contributed by atoms with Crippen LogP contribution in [0.3, 0.4) is 0 Å². The number of hydrogen-bond donors (Lipinski definition) is 0. The molecule has 0 heterocycles. The largest absolute Gasteiger partial charge is 0.342 e. The van der Waals surface area contributed by atoms with Crippen molar-refractivity contribution >= 4 is 11.9 Å². The summed E-state index contributed by atoms with van der Waals surface area (Å²) in [6, 6.07) is 0. The minimum Gasteiger partial charge on any atom is -0.298 e. The van der Waals surface area contributed by atoms with Gasteiger partial charge in [-0.3, -0.25) is 9.78 Å². The number of carbonyl (C=O) groups excluding carboxylic acids is 2. The molecule has 0 bridgehead atoms. The fourth-order valence-electron chi connectivity index (χ4n) is 0.909. The van der Waals surface area contributed by atoms with Gasteiger partial charge in [-0.2, -0.15) is 9.78 Å². The molecule has 0 aromatic rings. The molecule has 0 amide bonds. The molecule has 106 valence electrons. The van der Waals surface area contributed by atoms with Crippen LogP contribution in [-0.2, 0) is 29.1 Å². The molecular weight excluding hydrogens is 240 g/mol. The minimum atomic E-state index is -0.586. The van der Waals surface area contributed by atoms with E-state index in [9.17, 15) is 9.59 Å². The Hall–Kier alpha value is -1.14. The number of carbonyl (C=O) groups is 2. The monoisotopic (exact) mass is 262 g/mol. The van der Waals surface area contributed by atoms with E-state index in [1.54, 1.807) is 0 Å². The lowest BCUT2D eigenvalue weighted by atomic mass is 10.3. The lowest BCUT2D eigenvalue weighted by molar-refractivity contribution is -0.277. The van der Waals surface area contributed by atoms with Crippen molar-refractivity contribution in [2.45, 2.75) is 52.4 Å². The van der Waals surface area contributed by atoms with Crippen LogP contribution >= 0.6 is 0 Å². The van der Waals surface area contributed by atoms with Gasteiger partial charge in [0, 0.05) is 0 Å². The molecule has 0 saturated carbocycles. The molecule has 0 N–H and O–H groups in total. The zero-order chi connectivity index (χ0) is 13.6. The summed E-state index contributed by atoms with van der Waals surface area (Å²) in [6.07, 6.45) is 3.39. The number of unbranched alkanes of at least 4 members (excludes halogenated alkanes) is 2. The Morgan fingerprint density at radius 2 is 1.17 bits per heavy atom. The molecule has 0 atom stereocenters. The summed E-state index contributed by atoms with van der Waals surface area (Å²) in [7, 11) is 0. The van der Waals surface area contributed by atoms with Gasteiger partial charge in [0.25, 0.3) is 0 Å². The molecule has 6 nitrogen and oxygen atoms in total. The second-order valence-corrected chi connectivity index (χ2v) is 3.76. The van der Waals surface area contributed by atoms with Gasteiger partial charge in [-0.05, 0) is 12.8 Å². The second kappa shape index (κ2) is 12.3. The van der Waals surface area contributed by atoms with Gasteiger partial charge in [0.15, 0.2) is 0 Å². The molecule has 0 spiro atoms. The fourth-order valence-corrected chi connectivity index (χ4v) is 0.909. The molecular formula is C12H22O6. The van der Waals surface area contributed by atoms with Gasteiger partial charge >= 0.3 is 11.9 Å². The Labute approximate surface area is 107 Å². The second-order valence-electron chi connectivity index (χ2n) is 3.76. The third-order valence-corrected chi connectivity index (χ3v) is 2.00. The van der Waals surface area contributed by atoms with Crippen molar-refractivity contribution in [3.05, 3.63) is 0 Å². The van der Waals surface area contributed by atoms with Crippen LogP contribution in [-0.4, -0.2) is 25.2 Å². The van der Waals surface area contributed by atoms with Gasteiger partial charge in [-0.1, -0.05) is 26.7 Å². The highest BCUT2D eigenvalue weighted by atomic mass is 17.2. The summed E-state index contributed by atoms with van der Waals surface area (Å²) >= 11 is 0. The molecule has 0 unspecified atom stereocenters. The van der Waals surface area contributed by atoms with Crippen LogP contribution in [0.5, 0.6) is 0 Å². The van der Waals surface area contributed by atoms with E-state index in [0.717, 1.165) is 25.7 Å². The lowest BCUT2D eigenvalue weighted by Crippen LogP contribution is -2.11. The first-order valence-corrected chi connectivity index (χ1v) is 6.35. The van der Waals surface area contributed by atoms with Crippen molar-refractivity contribution in [1.82, 2.24) is 0 Å². The van der Waals surface area contributed by atoms with Crippen molar-refractivity contribution in [2.24, 2.45) is 0 Å². The highest BCUT2D eigenvalue weighted by Gasteiger charge is 2.10. The molecule has 0 aliphatic rings. The summed E-state index contributed by atoms with van der Waals surface area (Å²) in [6.45, 7) is 4.74. The first-order valence-electron chi connectivity index (χ1n) is 6.35. The first kappa shape index (κ1) is 16.9. The third kappa shape index (κ3) is 11.3. The van der Waals surface area contributed by atoms with Crippen molar-refractivity contribution < 1.29 is 29.1 Å². The van der Waals surface area contributed by atoms with E-state index < -0.39 is 11.9 Å². The minimum absolute atomic E-state index is 0.0813. The van der Waals surface area contributed by atoms with E-state index in [4.69, 9.17) is 0 Å². The van der Waals surface area contributed by atoms with Crippen LogP contribution in [0, 0.1) is 0 Å². The predicted octanol–water partition coefficient (Wildman–Crippen LogP) is 2.32. The van der Waals surface area contributed by atoms with E-state index in [2.05, 4.69) is 19.6 Å². The van der Waals surface area contributed by atoms with Crippen molar-refractivity contribution in [2.75, 3.05) is 13.2 Å². The Kier molecular flexibility index (Phi) is 11.5. The highest BCUT2D eigenvalue weighted by molar-refractivity contribution is 5.76. The Morgan fingerprint density at radius 1 is 0.778 bits per heavy atom. The first-order chi connectivity index (χ1) is 8.70. The summed E-state index contributed by atoms with van der Waals surface area (Å²) in [5.74, 6) is -1.17. The normalized spacial score (nSPS) is 10.1. The topological polar surface area (TPSA) is 71.1 Å². The molecule has 0 rings (SSSR count). The number of hydrogen-bond acceptors (Lipinski definition) is 6. The quantitative estimate of drug-likeness (QED) is 0.323. The van der Waals surface area contributed by atoms with Crippen LogP contribution in [0.15, 0.2) is 0 Å². The van der Waals surface area contributed by atoms with Gasteiger partial charge < -0.3 is 0 Å². The summed E-state index contributed by atoms with van der Waals surface area (Å²) < 4.78 is 0. The van der Waals surface area contributed by atoms with Crippen molar-refractivity contribution in [3.8, 4) is 0 Å². The molecule has 0 aliphatic heterocycles. The molecule has 0 fully saturated rings. The molecule has 0 saturated heterocycles. The molecule has 0 aromatic carbocycles. The zero-order valence-corrected chi connectivity index (χ0v) is 11.1. The van der Waals surface area contributed by atoms with Gasteiger partial charge in [0.1, 0.15) is 0 Å². The smallest absolute Gasteiger partial charge is 0.298 e. The molecule has 0 aromatic heterocycles. The molecule has 18 heavy (non-hydrogen) atoms. The Morgan fingerprint density at radius 3 is 1.50 bits per heavy atom. The van der Waals surface area contributed by atoms with E-state index in [1.165, 1.54) is 0 Å². The summed E-state index contributed by atoms with van der Waals surface area (Å²) in [5, 5.41) is 0. The Balaban J connectivity index is 3.39. The average molecular weight is 262 g/mol. The summed E-state index contributed by atoms with van der Waals surface area (Å²) in [4.78, 5) is 40.4. The molecule has 6 heteroatoms. The standard InChI is InChI=1S/C12H22O6/c1-3-5-9-15-17-11(13)7-8-12(14)18-16-10-6-4-2/h3-10H2,1-2H3. The van der Waals surface area contributed by atoms with Crippen LogP contribution in [0.2, 0.25) is 0 Å². The highest BCUT2D eigenvalue weighted by Crippen LogP contribution is 1.99. The maximum atomic E-state index is 11.1. The maximum absolute atomic E-state index is 11.1. The van der Waals surface area contributed by atoms with E-state index >= 15 is 0 Å². The van der Waals surface area contributed by atoms with E-state index in [-0.39, 0.29) is 12.8 Å². The van der Waals surface area contributed by atoms with Crippen molar-refractivity contribution in [1.29, 1.82) is 0 Å². The van der Waals surface area contributed by atoms with Crippen LogP contribution in [0.4, 0.5) is 0 Å². The van der Waals surface area contributed by atoms with Gasteiger partial charge in [0.05, 0.1) is 26.1 Å². The molecule has 0 radical (unpaired) electrons. The average Bonchev–Trinajstić information content (AvgIpc) is 2.37. The number of rotatable bonds is 11. The predicted molar refractivity (Wildman–Crippen MR) is 63.1 cm³/mol. The summed E-state index contributed by atoms with van der Waals surface area (Å²) in [5.41, 5.74) is 0. The Bertz CT molecular complexity index is 205. The van der Waals surface area contributed by atoms with Gasteiger partial charge in [-0.25, -0.2) is 9.59 Å². The third-order valence-electron chi connectivity index (χ3n) is 2.00. The fraction of sp³-hybridized carbons (Fsp3) is 0.833. The van der Waals surface area contributed by atoms with Crippen LogP contribution in [0.1, 0.15) is 52.4 Å². The SMILES string of the molecule is CCCCOOC(=O)CCC(=O)OOCCCC. The maximum Gasteiger partial charge on any atom is 0.342 e. The van der Waals surface area contributed by atoms with E-state index in [0.29, 0.717) is 13.2 Å². The van der Waals surface area contributed by atoms with Crippen LogP contribution in [0.25, 0.3) is 0 Å². The van der Waals surface area contributed by atoms with Crippen LogP contribution < -0.4 is 0 Å². The van der Waals surface area contributed by atoms with Crippen molar-refractivity contribution in [3.63, 3.8) is 0 Å². The van der Waals surface area contributed by atoms with Gasteiger partial charge in [-0.15, -0.1) is 0 Å². The molecule has 0 aliphatic carbocycles.